The van der Waals surface area contributed by atoms with E-state index in [1.54, 1.807) is 12.3 Å². The molecule has 0 saturated heterocycles. The van der Waals surface area contributed by atoms with Gasteiger partial charge in [-0.1, -0.05) is 41.9 Å². The summed E-state index contributed by atoms with van der Waals surface area (Å²) < 4.78 is 32.8. The number of carbonyl (C=O) groups excluding carboxylic acids is 1. The van der Waals surface area contributed by atoms with Gasteiger partial charge in [0.2, 0.25) is 10.0 Å². The lowest BCUT2D eigenvalue weighted by Crippen LogP contribution is -2.34. The molecule has 0 fully saturated rings. The number of furan rings is 1. The van der Waals surface area contributed by atoms with E-state index in [0.717, 1.165) is 5.56 Å². The van der Waals surface area contributed by atoms with E-state index in [4.69, 9.17) is 16.0 Å². The van der Waals surface area contributed by atoms with Gasteiger partial charge in [0.25, 0.3) is 5.91 Å². The normalized spacial score (nSPS) is 12.8. The van der Waals surface area contributed by atoms with Gasteiger partial charge in [-0.25, -0.2) is 8.42 Å². The number of nitrogens with zero attached hydrogens (tertiary/aromatic N) is 2. The summed E-state index contributed by atoms with van der Waals surface area (Å²) in [6.45, 7) is 0.474. The highest BCUT2D eigenvalue weighted by molar-refractivity contribution is 7.89. The van der Waals surface area contributed by atoms with Crippen LogP contribution in [0.1, 0.15) is 27.7 Å². The standard InChI is InChI=1S/C23H26ClN3O4S/c1-26(2)21(22-10-7-13-31-22)15-25-23(28)19-14-18(11-12-20(19)24)32(29,30)27(3)16-17-8-5-4-6-9-17/h4-14,21H,15-16H2,1-3H3,(H,25,28)/t21-/m1/s1. The number of likely N-dealkylation sites (N-methyl/N-ethyl adjacent to an activating group) is 1. The van der Waals surface area contributed by atoms with Crippen LogP contribution in [0, 0.1) is 0 Å². The molecule has 1 amide bonds. The van der Waals surface area contributed by atoms with Crippen molar-refractivity contribution in [2.75, 3.05) is 27.7 Å². The number of hydrogen-bond donors (Lipinski definition) is 1. The minimum absolute atomic E-state index is 0.000625. The van der Waals surface area contributed by atoms with Gasteiger partial charge in [0.15, 0.2) is 0 Å². The van der Waals surface area contributed by atoms with Crippen LogP contribution in [0.5, 0.6) is 0 Å². The van der Waals surface area contributed by atoms with Crippen LogP contribution >= 0.6 is 11.6 Å². The molecule has 0 spiro atoms. The number of hydrogen-bond acceptors (Lipinski definition) is 5. The van der Waals surface area contributed by atoms with Crippen LogP contribution < -0.4 is 5.32 Å². The molecule has 1 atom stereocenters. The first-order chi connectivity index (χ1) is 15.2. The summed E-state index contributed by atoms with van der Waals surface area (Å²) >= 11 is 6.23. The number of benzene rings is 2. The molecule has 1 heterocycles. The van der Waals surface area contributed by atoms with E-state index in [1.165, 1.54) is 29.6 Å². The van der Waals surface area contributed by atoms with E-state index in [1.807, 2.05) is 55.4 Å². The highest BCUT2D eigenvalue weighted by Crippen LogP contribution is 2.24. The van der Waals surface area contributed by atoms with Gasteiger partial charge in [0.05, 0.1) is 27.8 Å². The Morgan fingerprint density at radius 2 is 1.78 bits per heavy atom. The molecule has 0 radical (unpaired) electrons. The topological polar surface area (TPSA) is 82.9 Å². The fourth-order valence-electron chi connectivity index (χ4n) is 3.25. The lowest BCUT2D eigenvalue weighted by atomic mass is 10.1. The summed E-state index contributed by atoms with van der Waals surface area (Å²) in [6, 6.07) is 16.9. The Kier molecular flexibility index (Phi) is 7.73. The van der Waals surface area contributed by atoms with E-state index in [0.29, 0.717) is 5.76 Å². The Bertz CT molecular complexity index is 1150. The van der Waals surface area contributed by atoms with Gasteiger partial charge < -0.3 is 9.73 Å². The number of amides is 1. The van der Waals surface area contributed by atoms with Crippen molar-refractivity contribution in [1.82, 2.24) is 14.5 Å². The first-order valence-corrected chi connectivity index (χ1v) is 11.8. The number of carbonyl (C=O) groups is 1. The third-order valence-corrected chi connectivity index (χ3v) is 7.22. The van der Waals surface area contributed by atoms with Crippen molar-refractivity contribution in [3.63, 3.8) is 0 Å². The number of nitrogens with one attached hydrogen (secondary N) is 1. The first kappa shape index (κ1) is 24.0. The summed E-state index contributed by atoms with van der Waals surface area (Å²) in [6.07, 6.45) is 1.57. The largest absolute Gasteiger partial charge is 0.468 e. The third kappa shape index (κ3) is 5.58. The molecule has 7 nitrogen and oxygen atoms in total. The molecule has 2 aromatic carbocycles. The smallest absolute Gasteiger partial charge is 0.252 e. The average Bonchev–Trinajstić information content (AvgIpc) is 3.28. The second-order valence-electron chi connectivity index (χ2n) is 7.59. The summed E-state index contributed by atoms with van der Waals surface area (Å²) in [5.41, 5.74) is 0.955. The van der Waals surface area contributed by atoms with Gasteiger partial charge in [-0.2, -0.15) is 4.31 Å². The zero-order chi connectivity index (χ0) is 23.3. The van der Waals surface area contributed by atoms with Gasteiger partial charge in [-0.05, 0) is 50.0 Å². The summed E-state index contributed by atoms with van der Waals surface area (Å²) in [5, 5.41) is 3.00. The predicted octanol–water partition coefficient (Wildman–Crippen LogP) is 3.79. The molecule has 3 rings (SSSR count). The summed E-state index contributed by atoms with van der Waals surface area (Å²) in [4.78, 5) is 14.8. The van der Waals surface area contributed by atoms with Crippen molar-refractivity contribution in [3.8, 4) is 0 Å². The van der Waals surface area contributed by atoms with E-state index >= 15 is 0 Å². The minimum atomic E-state index is -3.82. The minimum Gasteiger partial charge on any atom is -0.468 e. The maximum Gasteiger partial charge on any atom is 0.252 e. The highest BCUT2D eigenvalue weighted by atomic mass is 35.5. The molecule has 0 aliphatic rings. The Morgan fingerprint density at radius 1 is 1.06 bits per heavy atom. The van der Waals surface area contributed by atoms with E-state index < -0.39 is 15.9 Å². The molecule has 0 bridgehead atoms. The molecule has 3 aromatic rings. The maximum atomic E-state index is 13.1. The van der Waals surface area contributed by atoms with Gasteiger partial charge >= 0.3 is 0 Å². The highest BCUT2D eigenvalue weighted by Gasteiger charge is 2.24. The Labute approximate surface area is 193 Å². The molecule has 1 N–H and O–H groups in total. The van der Waals surface area contributed by atoms with Crippen molar-refractivity contribution < 1.29 is 17.6 Å². The predicted molar refractivity (Wildman–Crippen MR) is 124 cm³/mol. The lowest BCUT2D eigenvalue weighted by Gasteiger charge is -2.23. The van der Waals surface area contributed by atoms with E-state index in [-0.39, 0.29) is 34.6 Å². The number of halogens is 1. The average molecular weight is 476 g/mol. The SMILES string of the molecule is CN(C)[C@H](CNC(=O)c1cc(S(=O)(=O)N(C)Cc2ccccc2)ccc1Cl)c1ccco1. The Hall–Kier alpha value is -2.65. The second-order valence-corrected chi connectivity index (χ2v) is 10.0. The monoisotopic (exact) mass is 475 g/mol. The van der Waals surface area contributed by atoms with Crippen LogP contribution in [0.3, 0.4) is 0 Å². The molecule has 0 aliphatic heterocycles. The quantitative estimate of drug-likeness (QED) is 0.509. The van der Waals surface area contributed by atoms with Gasteiger partial charge in [-0.15, -0.1) is 0 Å². The first-order valence-electron chi connectivity index (χ1n) is 9.98. The lowest BCUT2D eigenvalue weighted by molar-refractivity contribution is 0.0939. The van der Waals surface area contributed by atoms with Crippen molar-refractivity contribution in [2.24, 2.45) is 0 Å². The van der Waals surface area contributed by atoms with Crippen LogP contribution in [-0.4, -0.2) is 51.2 Å². The zero-order valence-electron chi connectivity index (χ0n) is 18.2. The molecule has 170 valence electrons. The Morgan fingerprint density at radius 3 is 2.41 bits per heavy atom. The Balaban J connectivity index is 1.77. The van der Waals surface area contributed by atoms with Crippen LogP contribution in [0.15, 0.2) is 76.2 Å². The molecule has 9 heteroatoms. The fraction of sp³-hybridized carbons (Fsp3) is 0.261. The number of sulfonamides is 1. The van der Waals surface area contributed by atoms with Gasteiger partial charge in [0, 0.05) is 20.1 Å². The van der Waals surface area contributed by atoms with Crippen molar-refractivity contribution in [2.45, 2.75) is 17.5 Å². The van der Waals surface area contributed by atoms with Crippen molar-refractivity contribution >= 4 is 27.5 Å². The number of rotatable bonds is 9. The van der Waals surface area contributed by atoms with Gasteiger partial charge in [-0.3, -0.25) is 9.69 Å². The van der Waals surface area contributed by atoms with E-state index in [2.05, 4.69) is 5.32 Å². The second kappa shape index (κ2) is 10.3. The molecule has 0 aliphatic carbocycles. The summed E-state index contributed by atoms with van der Waals surface area (Å²) in [7, 11) is 1.44. The van der Waals surface area contributed by atoms with Gasteiger partial charge in [0.1, 0.15) is 5.76 Å². The maximum absolute atomic E-state index is 13.1. The van der Waals surface area contributed by atoms with Crippen LogP contribution in [0.4, 0.5) is 0 Å². The zero-order valence-corrected chi connectivity index (χ0v) is 19.7. The van der Waals surface area contributed by atoms with Crippen molar-refractivity contribution in [1.29, 1.82) is 0 Å². The van der Waals surface area contributed by atoms with Crippen molar-refractivity contribution in [3.05, 3.63) is 88.8 Å². The molecule has 0 unspecified atom stereocenters. The van der Waals surface area contributed by atoms with Crippen LogP contribution in [0.2, 0.25) is 5.02 Å². The molecular weight excluding hydrogens is 450 g/mol. The summed E-state index contributed by atoms with van der Waals surface area (Å²) in [5.74, 6) is 0.247. The fourth-order valence-corrected chi connectivity index (χ4v) is 4.64. The molecular formula is C23H26ClN3O4S. The third-order valence-electron chi connectivity index (χ3n) is 5.09. The van der Waals surface area contributed by atoms with Crippen LogP contribution in [-0.2, 0) is 16.6 Å². The molecule has 0 saturated carbocycles. The molecule has 1 aromatic heterocycles. The van der Waals surface area contributed by atoms with E-state index in [9.17, 15) is 13.2 Å². The van der Waals surface area contributed by atoms with Crippen LogP contribution in [0.25, 0.3) is 0 Å². The molecule has 32 heavy (non-hydrogen) atoms.